The molecule has 1 aromatic carbocycles. The average Bonchev–Trinajstić information content (AvgIpc) is 2.93. The smallest absolute Gasteiger partial charge is 0.351 e. The van der Waals surface area contributed by atoms with E-state index in [0.717, 1.165) is 26.7 Å². The summed E-state index contributed by atoms with van der Waals surface area (Å²) in [6.07, 6.45) is -4.31. The van der Waals surface area contributed by atoms with Crippen LogP contribution in [-0.4, -0.2) is 34.6 Å². The van der Waals surface area contributed by atoms with Gasteiger partial charge in [-0.25, -0.2) is 0 Å². The van der Waals surface area contributed by atoms with Gasteiger partial charge in [-0.2, -0.15) is 13.2 Å². The normalized spacial score (nSPS) is 11.3. The molecule has 0 aliphatic heterocycles. The Morgan fingerprint density at radius 1 is 1.26 bits per heavy atom. The van der Waals surface area contributed by atoms with E-state index in [-0.39, 0.29) is 16.8 Å². The van der Waals surface area contributed by atoms with Gasteiger partial charge >= 0.3 is 6.18 Å². The summed E-state index contributed by atoms with van der Waals surface area (Å²) in [7, 11) is 0. The maximum absolute atomic E-state index is 12.1. The summed E-state index contributed by atoms with van der Waals surface area (Å²) in [5.74, 6) is -0.129. The average molecular weight is 474 g/mol. The summed E-state index contributed by atoms with van der Waals surface area (Å²) in [4.78, 5) is 11.8. The highest BCUT2D eigenvalue weighted by atomic mass is 127. The van der Waals surface area contributed by atoms with Crippen LogP contribution in [0.15, 0.2) is 28.6 Å². The Morgan fingerprint density at radius 3 is 2.61 bits per heavy atom. The number of aromatic nitrogens is 2. The van der Waals surface area contributed by atoms with Crippen LogP contribution >= 0.6 is 45.7 Å². The molecule has 0 atom stereocenters. The molecule has 0 saturated carbocycles. The predicted octanol–water partition coefficient (Wildman–Crippen LogP) is 3.85. The predicted molar refractivity (Wildman–Crippen MR) is 93.0 cm³/mol. The second kappa shape index (κ2) is 8.15. The SMILES string of the molecule is O=C(CSc1nnc(NCC(F)(F)F)s1)Nc1ccc(I)cc1. The molecule has 0 fully saturated rings. The molecule has 23 heavy (non-hydrogen) atoms. The Kier molecular flexibility index (Phi) is 6.47. The molecule has 1 heterocycles. The Hall–Kier alpha value is -1.08. The van der Waals surface area contributed by atoms with Crippen molar-refractivity contribution in [2.45, 2.75) is 10.5 Å². The second-order valence-electron chi connectivity index (χ2n) is 4.19. The third-order valence-corrected chi connectivity index (χ3v) is 5.03. The van der Waals surface area contributed by atoms with Gasteiger partial charge in [0.15, 0.2) is 4.34 Å². The lowest BCUT2D eigenvalue weighted by atomic mass is 10.3. The van der Waals surface area contributed by atoms with Crippen molar-refractivity contribution in [2.75, 3.05) is 22.9 Å². The topological polar surface area (TPSA) is 66.9 Å². The van der Waals surface area contributed by atoms with E-state index in [1.807, 2.05) is 12.1 Å². The van der Waals surface area contributed by atoms with Gasteiger partial charge in [-0.1, -0.05) is 23.1 Å². The van der Waals surface area contributed by atoms with Crippen LogP contribution in [0.4, 0.5) is 24.0 Å². The van der Waals surface area contributed by atoms with Crippen LogP contribution in [0, 0.1) is 3.57 Å². The van der Waals surface area contributed by atoms with E-state index in [2.05, 4.69) is 43.4 Å². The van der Waals surface area contributed by atoms with Gasteiger partial charge < -0.3 is 10.6 Å². The van der Waals surface area contributed by atoms with E-state index >= 15 is 0 Å². The number of anilines is 2. The van der Waals surface area contributed by atoms with Crippen molar-refractivity contribution in [1.82, 2.24) is 10.2 Å². The molecule has 0 aliphatic rings. The first-order valence-electron chi connectivity index (χ1n) is 6.14. The zero-order valence-corrected chi connectivity index (χ0v) is 15.1. The van der Waals surface area contributed by atoms with Crippen molar-refractivity contribution in [2.24, 2.45) is 0 Å². The fraction of sp³-hybridized carbons (Fsp3) is 0.250. The number of nitrogens with one attached hydrogen (secondary N) is 2. The monoisotopic (exact) mass is 474 g/mol. The van der Waals surface area contributed by atoms with Gasteiger partial charge in [0.2, 0.25) is 11.0 Å². The van der Waals surface area contributed by atoms with E-state index in [1.54, 1.807) is 12.1 Å². The molecule has 0 spiro atoms. The molecule has 0 aliphatic carbocycles. The highest BCUT2D eigenvalue weighted by molar-refractivity contribution is 14.1. The number of rotatable bonds is 6. The van der Waals surface area contributed by atoms with E-state index < -0.39 is 12.7 Å². The first-order valence-corrected chi connectivity index (χ1v) is 9.02. The first-order chi connectivity index (χ1) is 10.8. The summed E-state index contributed by atoms with van der Waals surface area (Å²) >= 11 is 4.25. The molecule has 11 heteroatoms. The van der Waals surface area contributed by atoms with Gasteiger partial charge in [0.05, 0.1) is 5.75 Å². The van der Waals surface area contributed by atoms with Crippen LogP contribution < -0.4 is 10.6 Å². The van der Waals surface area contributed by atoms with Gasteiger partial charge in [0.25, 0.3) is 0 Å². The molecule has 0 unspecified atom stereocenters. The molecule has 5 nitrogen and oxygen atoms in total. The summed E-state index contributed by atoms with van der Waals surface area (Å²) < 4.78 is 37.7. The summed E-state index contributed by atoms with van der Waals surface area (Å²) in [6.45, 7) is -1.17. The third-order valence-electron chi connectivity index (χ3n) is 2.30. The highest BCUT2D eigenvalue weighted by Gasteiger charge is 2.27. The second-order valence-corrected chi connectivity index (χ2v) is 7.63. The Balaban J connectivity index is 1.78. The zero-order chi connectivity index (χ0) is 16.9. The number of amides is 1. The van der Waals surface area contributed by atoms with Crippen LogP contribution in [0.1, 0.15) is 0 Å². The Morgan fingerprint density at radius 2 is 1.96 bits per heavy atom. The van der Waals surface area contributed by atoms with E-state index in [1.165, 1.54) is 0 Å². The molecule has 124 valence electrons. The number of thioether (sulfide) groups is 1. The highest BCUT2D eigenvalue weighted by Crippen LogP contribution is 2.26. The minimum absolute atomic E-state index is 0.0721. The van der Waals surface area contributed by atoms with Crippen molar-refractivity contribution >= 4 is 62.4 Å². The first kappa shape index (κ1) is 18.3. The minimum atomic E-state index is -4.31. The van der Waals surface area contributed by atoms with E-state index in [9.17, 15) is 18.0 Å². The van der Waals surface area contributed by atoms with Crippen molar-refractivity contribution in [3.05, 3.63) is 27.8 Å². The molecule has 2 aromatic rings. The fourth-order valence-electron chi connectivity index (χ4n) is 1.37. The maximum Gasteiger partial charge on any atom is 0.405 e. The van der Waals surface area contributed by atoms with Gasteiger partial charge in [-0.3, -0.25) is 4.79 Å². The Labute approximate surface area is 151 Å². The minimum Gasteiger partial charge on any atom is -0.351 e. The number of carbonyl (C=O) groups is 1. The van der Waals surface area contributed by atoms with Crippen LogP contribution in [0.25, 0.3) is 0 Å². The van der Waals surface area contributed by atoms with E-state index in [4.69, 9.17) is 0 Å². The molecule has 1 aromatic heterocycles. The van der Waals surface area contributed by atoms with Crippen LogP contribution in [-0.2, 0) is 4.79 Å². The molecule has 1 amide bonds. The summed E-state index contributed by atoms with van der Waals surface area (Å²) in [5, 5.41) is 12.3. The molecule has 2 N–H and O–H groups in total. The van der Waals surface area contributed by atoms with E-state index in [0.29, 0.717) is 10.0 Å². The molecule has 2 rings (SSSR count). The number of benzene rings is 1. The van der Waals surface area contributed by atoms with Crippen LogP contribution in [0.3, 0.4) is 0 Å². The largest absolute Gasteiger partial charge is 0.405 e. The number of hydrogen-bond donors (Lipinski definition) is 2. The maximum atomic E-state index is 12.1. The molecule has 0 saturated heterocycles. The Bertz CT molecular complexity index is 663. The third kappa shape index (κ3) is 6.91. The standard InChI is InChI=1S/C12H10F3IN4OS2/c13-12(14,15)6-17-10-19-20-11(23-10)22-5-9(21)18-8-3-1-7(16)2-4-8/h1-4H,5-6H2,(H,17,19)(H,18,21). The lowest BCUT2D eigenvalue weighted by molar-refractivity contribution is -0.115. The molecule has 0 radical (unpaired) electrons. The van der Waals surface area contributed by atoms with Gasteiger partial charge in [0, 0.05) is 9.26 Å². The molecular formula is C12H10F3IN4OS2. The van der Waals surface area contributed by atoms with Crippen molar-refractivity contribution in [3.8, 4) is 0 Å². The molecular weight excluding hydrogens is 464 g/mol. The van der Waals surface area contributed by atoms with Gasteiger partial charge in [0.1, 0.15) is 6.54 Å². The summed E-state index contributed by atoms with van der Waals surface area (Å²) in [6, 6.07) is 7.31. The van der Waals surface area contributed by atoms with Crippen LogP contribution in [0.5, 0.6) is 0 Å². The van der Waals surface area contributed by atoms with Crippen molar-refractivity contribution in [1.29, 1.82) is 0 Å². The fourth-order valence-corrected chi connectivity index (χ4v) is 3.28. The lowest BCUT2D eigenvalue weighted by Crippen LogP contribution is -2.21. The summed E-state index contributed by atoms with van der Waals surface area (Å²) in [5.41, 5.74) is 0.681. The molecule has 0 bridgehead atoms. The van der Waals surface area contributed by atoms with Gasteiger partial charge in [-0.15, -0.1) is 10.2 Å². The van der Waals surface area contributed by atoms with Crippen molar-refractivity contribution < 1.29 is 18.0 Å². The number of halogens is 4. The van der Waals surface area contributed by atoms with Crippen LogP contribution in [0.2, 0.25) is 0 Å². The number of carbonyl (C=O) groups excluding carboxylic acids is 1. The number of hydrogen-bond acceptors (Lipinski definition) is 6. The lowest BCUT2D eigenvalue weighted by Gasteiger charge is -2.05. The van der Waals surface area contributed by atoms with Crippen molar-refractivity contribution in [3.63, 3.8) is 0 Å². The number of nitrogens with zero attached hydrogens (tertiary/aromatic N) is 2. The quantitative estimate of drug-likeness (QED) is 0.492. The van der Waals surface area contributed by atoms with Gasteiger partial charge in [-0.05, 0) is 46.9 Å². The zero-order valence-electron chi connectivity index (χ0n) is 11.4. The number of alkyl halides is 3.